The van der Waals surface area contributed by atoms with Gasteiger partial charge in [-0.2, -0.15) is 0 Å². The van der Waals surface area contributed by atoms with Gasteiger partial charge in [0.1, 0.15) is 0 Å². The van der Waals surface area contributed by atoms with Gasteiger partial charge >= 0.3 is 0 Å². The molecule has 1 aliphatic carbocycles. The van der Waals surface area contributed by atoms with E-state index in [0.29, 0.717) is 0 Å². The van der Waals surface area contributed by atoms with E-state index in [4.69, 9.17) is 0 Å². The fourth-order valence-corrected chi connectivity index (χ4v) is 2.26. The Kier molecular flexibility index (Phi) is 2.99. The maximum atomic E-state index is 3.49. The summed E-state index contributed by atoms with van der Waals surface area (Å²) in [6.07, 6.45) is 6.00. The van der Waals surface area contributed by atoms with Crippen LogP contribution >= 0.6 is 12.4 Å². The first kappa shape index (κ1) is 8.35. The molecule has 0 aromatic rings. The molecule has 60 valence electrons. The molecule has 0 spiro atoms. The van der Waals surface area contributed by atoms with Gasteiger partial charge in [-0.15, -0.1) is 12.4 Å². The summed E-state index contributed by atoms with van der Waals surface area (Å²) in [7, 11) is 0. The molecule has 2 rings (SSSR count). The Morgan fingerprint density at radius 3 is 2.10 bits per heavy atom. The van der Waals surface area contributed by atoms with Crippen molar-refractivity contribution in [3.8, 4) is 0 Å². The molecule has 1 aliphatic heterocycles. The molecule has 0 unspecified atom stereocenters. The van der Waals surface area contributed by atoms with Gasteiger partial charge in [-0.1, -0.05) is 6.42 Å². The van der Waals surface area contributed by atoms with E-state index < -0.39 is 0 Å². The lowest BCUT2D eigenvalue weighted by Crippen LogP contribution is -2.38. The van der Waals surface area contributed by atoms with Crippen LogP contribution in [0.25, 0.3) is 0 Å². The fourth-order valence-electron chi connectivity index (χ4n) is 2.26. The van der Waals surface area contributed by atoms with Gasteiger partial charge in [0.25, 0.3) is 0 Å². The Balaban J connectivity index is 0.000000500. The van der Waals surface area contributed by atoms with Crippen molar-refractivity contribution in [2.75, 3.05) is 13.1 Å². The average molecular weight is 162 g/mol. The standard InChI is InChI=1S/C8H15N.ClH/c1-2-7-4-8(3-1)6-9-5-7;/h7-9H,1-6H2;1H/t7-,8-;/m0./s1. The Hall–Kier alpha value is 0.250. The zero-order valence-electron chi connectivity index (χ0n) is 6.31. The molecule has 2 fully saturated rings. The third-order valence-corrected chi connectivity index (χ3v) is 2.76. The summed E-state index contributed by atoms with van der Waals surface area (Å²) in [5.74, 6) is 2.08. The fraction of sp³-hybridized carbons (Fsp3) is 1.00. The van der Waals surface area contributed by atoms with Crippen molar-refractivity contribution < 1.29 is 0 Å². The summed E-state index contributed by atoms with van der Waals surface area (Å²) in [5, 5.41) is 3.49. The second-order valence-corrected chi connectivity index (χ2v) is 3.56. The van der Waals surface area contributed by atoms with Gasteiger partial charge in [0.05, 0.1) is 0 Å². The first-order valence-corrected chi connectivity index (χ1v) is 4.16. The van der Waals surface area contributed by atoms with Gasteiger partial charge in [-0.25, -0.2) is 0 Å². The van der Waals surface area contributed by atoms with E-state index in [1.54, 1.807) is 0 Å². The molecule has 1 N–H and O–H groups in total. The van der Waals surface area contributed by atoms with E-state index in [1.165, 1.54) is 38.8 Å². The zero-order chi connectivity index (χ0) is 6.10. The second-order valence-electron chi connectivity index (χ2n) is 3.56. The van der Waals surface area contributed by atoms with Crippen LogP contribution in [0.4, 0.5) is 0 Å². The molecule has 0 aromatic carbocycles. The van der Waals surface area contributed by atoms with E-state index >= 15 is 0 Å². The summed E-state index contributed by atoms with van der Waals surface area (Å²) < 4.78 is 0. The van der Waals surface area contributed by atoms with Crippen LogP contribution in [0.3, 0.4) is 0 Å². The van der Waals surface area contributed by atoms with Gasteiger partial charge in [-0.05, 0) is 44.2 Å². The molecule has 1 heterocycles. The van der Waals surface area contributed by atoms with Gasteiger partial charge < -0.3 is 5.32 Å². The van der Waals surface area contributed by atoms with E-state index in [-0.39, 0.29) is 12.4 Å². The Morgan fingerprint density at radius 1 is 1.00 bits per heavy atom. The average Bonchev–Trinajstić information content (AvgIpc) is 1.88. The summed E-state index contributed by atoms with van der Waals surface area (Å²) in [4.78, 5) is 0. The van der Waals surface area contributed by atoms with Gasteiger partial charge in [0.15, 0.2) is 0 Å². The summed E-state index contributed by atoms with van der Waals surface area (Å²) in [6, 6.07) is 0. The predicted molar refractivity (Wildman–Crippen MR) is 45.6 cm³/mol. The zero-order valence-corrected chi connectivity index (χ0v) is 7.12. The highest BCUT2D eigenvalue weighted by Crippen LogP contribution is 2.30. The van der Waals surface area contributed by atoms with Crippen LogP contribution in [-0.4, -0.2) is 13.1 Å². The highest BCUT2D eigenvalue weighted by molar-refractivity contribution is 5.85. The largest absolute Gasteiger partial charge is 0.316 e. The topological polar surface area (TPSA) is 12.0 Å². The Labute approximate surface area is 69.0 Å². The van der Waals surface area contributed by atoms with E-state index in [2.05, 4.69) is 5.32 Å². The highest BCUT2D eigenvalue weighted by atomic mass is 35.5. The van der Waals surface area contributed by atoms with Crippen LogP contribution in [-0.2, 0) is 0 Å². The molecule has 0 radical (unpaired) electrons. The lowest BCUT2D eigenvalue weighted by atomic mass is 9.79. The van der Waals surface area contributed by atoms with E-state index in [0.717, 1.165) is 11.8 Å². The molecule has 1 saturated carbocycles. The van der Waals surface area contributed by atoms with Crippen molar-refractivity contribution in [3.63, 3.8) is 0 Å². The monoisotopic (exact) mass is 161 g/mol. The number of hydrogen-bond acceptors (Lipinski definition) is 1. The van der Waals surface area contributed by atoms with Crippen LogP contribution < -0.4 is 5.32 Å². The third-order valence-electron chi connectivity index (χ3n) is 2.76. The molecule has 2 bridgehead atoms. The van der Waals surface area contributed by atoms with Gasteiger partial charge in [-0.3, -0.25) is 0 Å². The molecule has 0 aromatic heterocycles. The van der Waals surface area contributed by atoms with Crippen molar-refractivity contribution in [2.24, 2.45) is 11.8 Å². The van der Waals surface area contributed by atoms with Crippen molar-refractivity contribution in [1.29, 1.82) is 0 Å². The summed E-state index contributed by atoms with van der Waals surface area (Å²) in [6.45, 7) is 2.60. The molecule has 2 heteroatoms. The van der Waals surface area contributed by atoms with Gasteiger partial charge in [0.2, 0.25) is 0 Å². The number of rotatable bonds is 0. The van der Waals surface area contributed by atoms with E-state index in [9.17, 15) is 0 Å². The summed E-state index contributed by atoms with van der Waals surface area (Å²) >= 11 is 0. The highest BCUT2D eigenvalue weighted by Gasteiger charge is 2.24. The Morgan fingerprint density at radius 2 is 1.60 bits per heavy atom. The molecule has 0 amide bonds. The molecule has 1 nitrogen and oxygen atoms in total. The Bertz CT molecular complexity index is 85.4. The van der Waals surface area contributed by atoms with E-state index in [1.807, 2.05) is 0 Å². The molecular weight excluding hydrogens is 146 g/mol. The van der Waals surface area contributed by atoms with Crippen LogP contribution in [0.2, 0.25) is 0 Å². The van der Waals surface area contributed by atoms with Crippen molar-refractivity contribution in [2.45, 2.75) is 25.7 Å². The summed E-state index contributed by atoms with van der Waals surface area (Å²) in [5.41, 5.74) is 0. The van der Waals surface area contributed by atoms with Crippen LogP contribution in [0.5, 0.6) is 0 Å². The number of hydrogen-bond donors (Lipinski definition) is 1. The molecule has 2 atom stereocenters. The van der Waals surface area contributed by atoms with Crippen molar-refractivity contribution in [3.05, 3.63) is 0 Å². The number of piperidine rings is 1. The maximum absolute atomic E-state index is 3.49. The van der Waals surface area contributed by atoms with Crippen molar-refractivity contribution in [1.82, 2.24) is 5.32 Å². The number of nitrogens with one attached hydrogen (secondary N) is 1. The van der Waals surface area contributed by atoms with Gasteiger partial charge in [0, 0.05) is 0 Å². The minimum Gasteiger partial charge on any atom is -0.316 e. The maximum Gasteiger partial charge on any atom is -0.00203 e. The lowest BCUT2D eigenvalue weighted by molar-refractivity contribution is 0.208. The molecule has 2 aliphatic rings. The molecular formula is C8H16ClN. The lowest BCUT2D eigenvalue weighted by Gasteiger charge is -2.34. The number of fused-ring (bicyclic) bond motifs is 2. The van der Waals surface area contributed by atoms with Crippen LogP contribution in [0.15, 0.2) is 0 Å². The second kappa shape index (κ2) is 3.59. The quantitative estimate of drug-likeness (QED) is 0.572. The first-order valence-electron chi connectivity index (χ1n) is 4.16. The normalized spacial score (nSPS) is 38.4. The smallest absolute Gasteiger partial charge is 0.00203 e. The van der Waals surface area contributed by atoms with Crippen LogP contribution in [0, 0.1) is 11.8 Å². The van der Waals surface area contributed by atoms with Crippen LogP contribution in [0.1, 0.15) is 25.7 Å². The molecule has 1 saturated heterocycles. The minimum atomic E-state index is 0. The first-order chi connectivity index (χ1) is 4.45. The number of halogens is 1. The predicted octanol–water partition coefficient (Wildman–Crippen LogP) is 1.82. The SMILES string of the molecule is C1C[C@@H]2CNC[C@@H](C1)C2.Cl. The molecule has 10 heavy (non-hydrogen) atoms. The minimum absolute atomic E-state index is 0. The third kappa shape index (κ3) is 1.64. The van der Waals surface area contributed by atoms with Crippen molar-refractivity contribution >= 4 is 12.4 Å².